The van der Waals surface area contributed by atoms with Crippen LogP contribution in [-0.2, 0) is 0 Å². The molecule has 0 saturated heterocycles. The molecule has 0 spiro atoms. The second kappa shape index (κ2) is 4.70. The van der Waals surface area contributed by atoms with E-state index in [-0.39, 0.29) is 17.9 Å². The Morgan fingerprint density at radius 2 is 1.95 bits per heavy atom. The van der Waals surface area contributed by atoms with Gasteiger partial charge in [0.15, 0.2) is 0 Å². The molecule has 100 valence electrons. The second-order valence-corrected chi connectivity index (χ2v) is 5.31. The maximum absolute atomic E-state index is 12.5. The number of aliphatic hydroxyl groups is 1. The molecule has 4 nitrogen and oxygen atoms in total. The Morgan fingerprint density at radius 1 is 1.21 bits per heavy atom. The van der Waals surface area contributed by atoms with Crippen molar-refractivity contribution in [3.05, 3.63) is 30.5 Å². The molecule has 19 heavy (non-hydrogen) atoms. The zero-order valence-corrected chi connectivity index (χ0v) is 10.7. The first kappa shape index (κ1) is 12.2. The minimum atomic E-state index is -0.235. The molecule has 1 heterocycles. The van der Waals surface area contributed by atoms with Crippen LogP contribution in [0.1, 0.15) is 30.5 Å². The van der Waals surface area contributed by atoms with Gasteiger partial charge >= 0.3 is 0 Å². The molecule has 1 saturated carbocycles. The summed E-state index contributed by atoms with van der Waals surface area (Å²) in [4.78, 5) is 12.5. The third-order valence-electron chi connectivity index (χ3n) is 4.05. The zero-order valence-electron chi connectivity index (χ0n) is 10.7. The number of carbonyl (C=O) groups is 1. The molecule has 1 aliphatic rings. The summed E-state index contributed by atoms with van der Waals surface area (Å²) in [5.74, 6) is 0.132. The molecule has 0 unspecified atom stereocenters. The minimum absolute atomic E-state index is 0.0143. The topological polar surface area (TPSA) is 68.2 Å². The number of carbonyl (C=O) groups excluding carboxylic acids is 1. The van der Waals surface area contributed by atoms with Gasteiger partial charge in [0.2, 0.25) is 5.91 Å². The van der Waals surface area contributed by atoms with Crippen molar-refractivity contribution < 1.29 is 9.90 Å². The van der Waals surface area contributed by atoms with Crippen LogP contribution in [0.15, 0.2) is 30.5 Å². The number of nitrogen functional groups attached to an aromatic ring is 1. The Labute approximate surface area is 111 Å². The maximum atomic E-state index is 12.5. The number of nitrogens with zero attached hydrogens (tertiary/aromatic N) is 1. The molecule has 0 amide bonds. The summed E-state index contributed by atoms with van der Waals surface area (Å²) in [5, 5.41) is 10.4. The van der Waals surface area contributed by atoms with E-state index in [9.17, 15) is 9.90 Å². The summed E-state index contributed by atoms with van der Waals surface area (Å²) >= 11 is 0. The van der Waals surface area contributed by atoms with Gasteiger partial charge < -0.3 is 10.8 Å². The number of anilines is 1. The van der Waals surface area contributed by atoms with Gasteiger partial charge in [-0.25, -0.2) is 0 Å². The van der Waals surface area contributed by atoms with E-state index in [1.807, 2.05) is 24.3 Å². The number of fused-ring (bicyclic) bond motifs is 1. The summed E-state index contributed by atoms with van der Waals surface area (Å²) in [7, 11) is 0. The fourth-order valence-corrected chi connectivity index (χ4v) is 2.90. The number of benzene rings is 1. The molecule has 0 bridgehead atoms. The van der Waals surface area contributed by atoms with E-state index in [2.05, 4.69) is 0 Å². The molecular weight excluding hydrogens is 240 g/mol. The van der Waals surface area contributed by atoms with Crippen molar-refractivity contribution in [2.75, 3.05) is 5.73 Å². The average Bonchev–Trinajstić information content (AvgIpc) is 2.84. The number of rotatable bonds is 1. The van der Waals surface area contributed by atoms with Gasteiger partial charge in [-0.1, -0.05) is 6.07 Å². The highest BCUT2D eigenvalue weighted by Gasteiger charge is 2.26. The second-order valence-electron chi connectivity index (χ2n) is 5.31. The first-order valence-electron chi connectivity index (χ1n) is 6.74. The van der Waals surface area contributed by atoms with Gasteiger partial charge in [0.05, 0.1) is 11.6 Å². The van der Waals surface area contributed by atoms with Crippen LogP contribution >= 0.6 is 0 Å². The maximum Gasteiger partial charge on any atom is 0.234 e. The van der Waals surface area contributed by atoms with E-state index in [0.29, 0.717) is 5.69 Å². The van der Waals surface area contributed by atoms with Crippen LogP contribution in [0.2, 0.25) is 0 Å². The lowest BCUT2D eigenvalue weighted by molar-refractivity contribution is 0.0692. The van der Waals surface area contributed by atoms with E-state index >= 15 is 0 Å². The third kappa shape index (κ3) is 2.12. The molecule has 1 aliphatic carbocycles. The predicted octanol–water partition coefficient (Wildman–Crippen LogP) is 2.41. The minimum Gasteiger partial charge on any atom is -0.398 e. The van der Waals surface area contributed by atoms with E-state index in [4.69, 9.17) is 5.73 Å². The molecule has 4 heteroatoms. The molecule has 0 atom stereocenters. The summed E-state index contributed by atoms with van der Waals surface area (Å²) in [6, 6.07) is 7.52. The molecule has 0 aliphatic heterocycles. The van der Waals surface area contributed by atoms with Gasteiger partial charge in [-0.3, -0.25) is 9.36 Å². The van der Waals surface area contributed by atoms with Crippen molar-refractivity contribution in [1.29, 1.82) is 0 Å². The first-order chi connectivity index (χ1) is 9.16. The van der Waals surface area contributed by atoms with Gasteiger partial charge in [-0.15, -0.1) is 0 Å². The summed E-state index contributed by atoms with van der Waals surface area (Å²) in [5.41, 5.74) is 7.48. The zero-order chi connectivity index (χ0) is 13.4. The Kier molecular flexibility index (Phi) is 3.03. The van der Waals surface area contributed by atoms with Gasteiger partial charge in [-0.2, -0.15) is 0 Å². The van der Waals surface area contributed by atoms with Crippen LogP contribution in [0.25, 0.3) is 10.9 Å². The standard InChI is InChI=1S/C15H18N2O2/c16-13-2-1-3-14-12(13)8-9-17(14)15(19)10-4-6-11(18)7-5-10/h1-3,8-11,18H,4-7,16H2. The molecule has 3 N–H and O–H groups in total. The van der Waals surface area contributed by atoms with Gasteiger partial charge in [-0.05, 0) is 43.9 Å². The summed E-state index contributed by atoms with van der Waals surface area (Å²) in [6.07, 6.45) is 4.54. The normalized spacial score (nSPS) is 23.6. The third-order valence-corrected chi connectivity index (χ3v) is 4.05. The van der Waals surface area contributed by atoms with Crippen LogP contribution in [0, 0.1) is 5.92 Å². The molecule has 1 aromatic carbocycles. The Morgan fingerprint density at radius 3 is 2.68 bits per heavy atom. The van der Waals surface area contributed by atoms with Crippen molar-refractivity contribution in [1.82, 2.24) is 4.57 Å². The first-order valence-corrected chi connectivity index (χ1v) is 6.74. The number of hydrogen-bond donors (Lipinski definition) is 2. The lowest BCUT2D eigenvalue weighted by Gasteiger charge is -2.24. The van der Waals surface area contributed by atoms with Crippen molar-refractivity contribution in [3.63, 3.8) is 0 Å². The Bertz CT molecular complexity index is 610. The van der Waals surface area contributed by atoms with Crippen LogP contribution in [0.4, 0.5) is 5.69 Å². The van der Waals surface area contributed by atoms with E-state index in [1.54, 1.807) is 10.8 Å². The van der Waals surface area contributed by atoms with E-state index < -0.39 is 0 Å². The number of aliphatic hydroxyl groups excluding tert-OH is 1. The van der Waals surface area contributed by atoms with Crippen molar-refractivity contribution in [2.45, 2.75) is 31.8 Å². The van der Waals surface area contributed by atoms with Crippen LogP contribution in [0.5, 0.6) is 0 Å². The number of nitrogens with two attached hydrogens (primary N) is 1. The highest BCUT2D eigenvalue weighted by molar-refractivity contribution is 5.98. The molecular formula is C15H18N2O2. The summed E-state index contributed by atoms with van der Waals surface area (Å²) in [6.45, 7) is 0. The average molecular weight is 258 g/mol. The lowest BCUT2D eigenvalue weighted by Crippen LogP contribution is -2.27. The SMILES string of the molecule is Nc1cccc2c1ccn2C(=O)C1CCC(O)CC1. The highest BCUT2D eigenvalue weighted by Crippen LogP contribution is 2.28. The van der Waals surface area contributed by atoms with E-state index in [0.717, 1.165) is 36.6 Å². The Balaban J connectivity index is 1.92. The quantitative estimate of drug-likeness (QED) is 0.772. The van der Waals surface area contributed by atoms with E-state index in [1.165, 1.54) is 0 Å². The van der Waals surface area contributed by atoms with Gasteiger partial charge in [0.25, 0.3) is 0 Å². The van der Waals surface area contributed by atoms with Crippen LogP contribution in [0.3, 0.4) is 0 Å². The molecule has 3 rings (SSSR count). The number of aromatic nitrogens is 1. The van der Waals surface area contributed by atoms with Crippen LogP contribution in [-0.4, -0.2) is 21.7 Å². The van der Waals surface area contributed by atoms with Gasteiger partial charge in [0.1, 0.15) is 0 Å². The molecule has 1 fully saturated rings. The van der Waals surface area contributed by atoms with Gasteiger partial charge in [0, 0.05) is 23.2 Å². The fraction of sp³-hybridized carbons (Fsp3) is 0.400. The van der Waals surface area contributed by atoms with Crippen molar-refractivity contribution in [2.24, 2.45) is 5.92 Å². The molecule has 1 aromatic heterocycles. The lowest BCUT2D eigenvalue weighted by atomic mass is 9.87. The van der Waals surface area contributed by atoms with Crippen molar-refractivity contribution >= 4 is 22.5 Å². The molecule has 0 radical (unpaired) electrons. The largest absolute Gasteiger partial charge is 0.398 e. The molecule has 2 aromatic rings. The fourth-order valence-electron chi connectivity index (χ4n) is 2.90. The number of hydrogen-bond acceptors (Lipinski definition) is 3. The van der Waals surface area contributed by atoms with Crippen LogP contribution < -0.4 is 5.73 Å². The summed E-state index contributed by atoms with van der Waals surface area (Å²) < 4.78 is 1.70. The highest BCUT2D eigenvalue weighted by atomic mass is 16.3. The predicted molar refractivity (Wildman–Crippen MR) is 74.9 cm³/mol. The Hall–Kier alpha value is -1.81. The monoisotopic (exact) mass is 258 g/mol. The smallest absolute Gasteiger partial charge is 0.234 e. The van der Waals surface area contributed by atoms with Crippen molar-refractivity contribution in [3.8, 4) is 0 Å².